The van der Waals surface area contributed by atoms with Gasteiger partial charge in [0.2, 0.25) is 0 Å². The van der Waals surface area contributed by atoms with Gasteiger partial charge in [0.25, 0.3) is 0 Å². The van der Waals surface area contributed by atoms with E-state index in [2.05, 4.69) is 0 Å². The summed E-state index contributed by atoms with van der Waals surface area (Å²) in [5.74, 6) is -1.23. The standard InChI is InChI=1S/C15H18O6/c1-15(2)20-12-11(16)10(19-14(12)21-15)8-18-13(17)9-6-4-3-5-7-9/h3-7,10-12,14,16H,8H2,1-2H3/t10-,11-,12-,14-/m1/s1. The summed E-state index contributed by atoms with van der Waals surface area (Å²) in [5.41, 5.74) is 0.457. The molecule has 2 fully saturated rings. The van der Waals surface area contributed by atoms with Crippen LogP contribution in [0.5, 0.6) is 0 Å². The van der Waals surface area contributed by atoms with Crippen molar-refractivity contribution in [2.24, 2.45) is 0 Å². The van der Waals surface area contributed by atoms with Crippen LogP contribution in [0.1, 0.15) is 24.2 Å². The molecule has 2 aliphatic heterocycles. The molecule has 0 aliphatic carbocycles. The zero-order chi connectivity index (χ0) is 15.0. The van der Waals surface area contributed by atoms with Gasteiger partial charge in [0.1, 0.15) is 24.9 Å². The van der Waals surface area contributed by atoms with Gasteiger partial charge in [-0.1, -0.05) is 18.2 Å². The average molecular weight is 294 g/mol. The fourth-order valence-corrected chi connectivity index (χ4v) is 2.51. The molecule has 6 nitrogen and oxygen atoms in total. The number of aliphatic hydroxyl groups is 1. The molecule has 2 heterocycles. The maximum Gasteiger partial charge on any atom is 0.338 e. The highest BCUT2D eigenvalue weighted by molar-refractivity contribution is 5.89. The first-order valence-electron chi connectivity index (χ1n) is 6.88. The third kappa shape index (κ3) is 2.94. The number of carbonyl (C=O) groups is 1. The topological polar surface area (TPSA) is 74.2 Å². The lowest BCUT2D eigenvalue weighted by Gasteiger charge is -2.22. The molecule has 0 spiro atoms. The van der Waals surface area contributed by atoms with Gasteiger partial charge in [0.05, 0.1) is 5.56 Å². The van der Waals surface area contributed by atoms with Gasteiger partial charge in [0, 0.05) is 0 Å². The van der Waals surface area contributed by atoms with Crippen molar-refractivity contribution in [1.82, 2.24) is 0 Å². The molecule has 3 rings (SSSR count). The Hall–Kier alpha value is -1.47. The molecule has 0 saturated carbocycles. The second kappa shape index (κ2) is 5.38. The first kappa shape index (κ1) is 14.5. The quantitative estimate of drug-likeness (QED) is 0.841. The molecule has 1 aromatic carbocycles. The van der Waals surface area contributed by atoms with Crippen LogP contribution in [-0.4, -0.2) is 48.1 Å². The largest absolute Gasteiger partial charge is 0.459 e. The van der Waals surface area contributed by atoms with Crippen LogP contribution in [0.15, 0.2) is 30.3 Å². The molecule has 4 atom stereocenters. The summed E-state index contributed by atoms with van der Waals surface area (Å²) in [6, 6.07) is 8.66. The number of hydrogen-bond donors (Lipinski definition) is 1. The summed E-state index contributed by atoms with van der Waals surface area (Å²) in [4.78, 5) is 11.8. The van der Waals surface area contributed by atoms with Crippen molar-refractivity contribution in [3.8, 4) is 0 Å². The van der Waals surface area contributed by atoms with Crippen LogP contribution in [0.3, 0.4) is 0 Å². The van der Waals surface area contributed by atoms with E-state index in [4.69, 9.17) is 18.9 Å². The number of esters is 1. The van der Waals surface area contributed by atoms with E-state index >= 15 is 0 Å². The number of fused-ring (bicyclic) bond motifs is 1. The van der Waals surface area contributed by atoms with Gasteiger partial charge in [-0.3, -0.25) is 0 Å². The maximum atomic E-state index is 11.8. The molecule has 114 valence electrons. The van der Waals surface area contributed by atoms with E-state index in [1.807, 2.05) is 6.07 Å². The molecule has 0 radical (unpaired) electrons. The Bertz CT molecular complexity index is 514. The highest BCUT2D eigenvalue weighted by atomic mass is 16.8. The Morgan fingerprint density at radius 3 is 2.67 bits per heavy atom. The molecule has 1 N–H and O–H groups in total. The lowest BCUT2D eigenvalue weighted by Crippen LogP contribution is -2.37. The van der Waals surface area contributed by atoms with E-state index in [9.17, 15) is 9.90 Å². The Morgan fingerprint density at radius 2 is 2.00 bits per heavy atom. The zero-order valence-electron chi connectivity index (χ0n) is 11.9. The Labute approximate surface area is 122 Å². The molecule has 0 unspecified atom stereocenters. The van der Waals surface area contributed by atoms with Crippen molar-refractivity contribution in [2.75, 3.05) is 6.61 Å². The fraction of sp³-hybridized carbons (Fsp3) is 0.533. The van der Waals surface area contributed by atoms with Gasteiger partial charge in [-0.25, -0.2) is 4.79 Å². The third-order valence-corrected chi connectivity index (χ3v) is 3.50. The molecule has 1 aromatic rings. The van der Waals surface area contributed by atoms with Crippen molar-refractivity contribution in [3.05, 3.63) is 35.9 Å². The monoisotopic (exact) mass is 294 g/mol. The minimum atomic E-state index is -0.889. The van der Waals surface area contributed by atoms with Crippen LogP contribution < -0.4 is 0 Å². The highest BCUT2D eigenvalue weighted by Crippen LogP contribution is 2.37. The van der Waals surface area contributed by atoms with Crippen LogP contribution in [0.25, 0.3) is 0 Å². The molecular formula is C15H18O6. The average Bonchev–Trinajstić information content (AvgIpc) is 2.91. The predicted molar refractivity (Wildman–Crippen MR) is 71.4 cm³/mol. The first-order chi connectivity index (χ1) is 9.96. The van der Waals surface area contributed by atoms with E-state index in [1.54, 1.807) is 38.1 Å². The molecule has 21 heavy (non-hydrogen) atoms. The van der Waals surface area contributed by atoms with E-state index in [-0.39, 0.29) is 6.61 Å². The van der Waals surface area contributed by atoms with Gasteiger partial charge in [-0.2, -0.15) is 0 Å². The third-order valence-electron chi connectivity index (χ3n) is 3.50. The molecule has 0 bridgehead atoms. The summed E-state index contributed by atoms with van der Waals surface area (Å²) in [7, 11) is 0. The molecule has 0 aromatic heterocycles. The summed E-state index contributed by atoms with van der Waals surface area (Å²) < 4.78 is 21.8. The fourth-order valence-electron chi connectivity index (χ4n) is 2.51. The second-order valence-electron chi connectivity index (χ2n) is 5.60. The summed E-state index contributed by atoms with van der Waals surface area (Å²) in [6.07, 6.45) is -2.72. The minimum absolute atomic E-state index is 0.0466. The van der Waals surface area contributed by atoms with Crippen LogP contribution in [0, 0.1) is 0 Å². The summed E-state index contributed by atoms with van der Waals surface area (Å²) >= 11 is 0. The number of benzene rings is 1. The predicted octanol–water partition coefficient (Wildman–Crippen LogP) is 1.08. The van der Waals surface area contributed by atoms with Crippen molar-refractivity contribution in [3.63, 3.8) is 0 Å². The molecular weight excluding hydrogens is 276 g/mol. The van der Waals surface area contributed by atoms with Crippen molar-refractivity contribution in [1.29, 1.82) is 0 Å². The van der Waals surface area contributed by atoms with Crippen molar-refractivity contribution >= 4 is 5.97 Å². The number of aliphatic hydroxyl groups excluding tert-OH is 1. The summed E-state index contributed by atoms with van der Waals surface area (Å²) in [5, 5.41) is 10.2. The summed E-state index contributed by atoms with van der Waals surface area (Å²) in [6.45, 7) is 3.46. The first-order valence-corrected chi connectivity index (χ1v) is 6.88. The normalized spacial score (nSPS) is 33.7. The zero-order valence-corrected chi connectivity index (χ0v) is 11.9. The van der Waals surface area contributed by atoms with E-state index in [1.165, 1.54) is 0 Å². The smallest absolute Gasteiger partial charge is 0.338 e. The van der Waals surface area contributed by atoms with Crippen LogP contribution in [-0.2, 0) is 18.9 Å². The molecule has 0 amide bonds. The van der Waals surface area contributed by atoms with Crippen LogP contribution >= 0.6 is 0 Å². The van der Waals surface area contributed by atoms with Gasteiger partial charge >= 0.3 is 5.97 Å². The SMILES string of the molecule is CC1(C)O[C@H]2O[C@H](COC(=O)c3ccccc3)[C@@H](O)[C@H]2O1. The lowest BCUT2D eigenvalue weighted by molar-refractivity contribution is -0.218. The van der Waals surface area contributed by atoms with E-state index in [0.717, 1.165) is 0 Å². The number of rotatable bonds is 3. The molecule has 6 heteroatoms. The van der Waals surface area contributed by atoms with Crippen LogP contribution in [0.2, 0.25) is 0 Å². The van der Waals surface area contributed by atoms with Gasteiger partial charge < -0.3 is 24.1 Å². The van der Waals surface area contributed by atoms with Crippen molar-refractivity contribution in [2.45, 2.75) is 44.2 Å². The Morgan fingerprint density at radius 1 is 1.29 bits per heavy atom. The maximum absolute atomic E-state index is 11.8. The molecule has 2 aliphatic rings. The Kier molecular flexibility index (Phi) is 3.71. The molecule has 2 saturated heterocycles. The van der Waals surface area contributed by atoms with Gasteiger partial charge in [0.15, 0.2) is 12.1 Å². The van der Waals surface area contributed by atoms with Gasteiger partial charge in [-0.15, -0.1) is 0 Å². The highest BCUT2D eigenvalue weighted by Gasteiger charge is 2.54. The van der Waals surface area contributed by atoms with Gasteiger partial charge in [-0.05, 0) is 26.0 Å². The number of ether oxygens (including phenoxy) is 4. The van der Waals surface area contributed by atoms with E-state index < -0.39 is 36.4 Å². The van der Waals surface area contributed by atoms with Crippen molar-refractivity contribution < 1.29 is 28.8 Å². The minimum Gasteiger partial charge on any atom is -0.459 e. The lowest BCUT2D eigenvalue weighted by atomic mass is 10.1. The second-order valence-corrected chi connectivity index (χ2v) is 5.60. The Balaban J connectivity index is 1.55. The number of carbonyl (C=O) groups excluding carboxylic acids is 1. The van der Waals surface area contributed by atoms with E-state index in [0.29, 0.717) is 5.56 Å². The van der Waals surface area contributed by atoms with Crippen LogP contribution in [0.4, 0.5) is 0 Å². The number of hydrogen-bond acceptors (Lipinski definition) is 6.